The smallest absolute Gasteiger partial charge is 0.410 e. The highest BCUT2D eigenvalue weighted by Crippen LogP contribution is 2.54. The lowest BCUT2D eigenvalue weighted by molar-refractivity contribution is -0.161. The van der Waals surface area contributed by atoms with E-state index in [9.17, 15) is 28.4 Å². The van der Waals surface area contributed by atoms with Crippen LogP contribution in [0.1, 0.15) is 77.3 Å². The zero-order valence-electron chi connectivity index (χ0n) is 27.3. The molecule has 0 aromatic heterocycles. The molecule has 4 heterocycles. The predicted octanol–water partition coefficient (Wildman–Crippen LogP) is 3.80. The van der Waals surface area contributed by atoms with E-state index in [4.69, 9.17) is 14.2 Å². The van der Waals surface area contributed by atoms with E-state index in [-0.39, 0.29) is 38.6 Å². The Morgan fingerprint density at radius 3 is 2.62 bits per heavy atom. The number of benzene rings is 1. The van der Waals surface area contributed by atoms with Gasteiger partial charge in [0.05, 0.1) is 25.7 Å². The van der Waals surface area contributed by atoms with Gasteiger partial charge in [-0.2, -0.15) is 0 Å². The molecule has 4 amide bonds. The van der Waals surface area contributed by atoms with E-state index in [2.05, 4.69) is 5.32 Å². The minimum Gasteiger partial charge on any atom is -0.464 e. The maximum Gasteiger partial charge on any atom is 0.410 e. The molecular weight excluding hydrogens is 611 g/mol. The lowest BCUT2D eigenvalue weighted by atomic mass is 9.94. The molecule has 4 aliphatic heterocycles. The minimum atomic E-state index is -1.34. The lowest BCUT2D eigenvalue weighted by Crippen LogP contribution is -2.62. The van der Waals surface area contributed by atoms with Crippen molar-refractivity contribution >= 4 is 30.0 Å². The average Bonchev–Trinajstić information content (AvgIpc) is 3.33. The fourth-order valence-corrected chi connectivity index (χ4v) is 7.53. The van der Waals surface area contributed by atoms with Crippen LogP contribution in [0.2, 0.25) is 0 Å². The van der Waals surface area contributed by atoms with Gasteiger partial charge >= 0.3 is 18.2 Å². The normalized spacial score (nSPS) is 30.7. The SMILES string of the molecule is CCOC(=O)[C@@]12C[C@H]1/C=C\CCCCC1[C@H](NC(=O)OC(C)(C)C)C(=O)N3C[C@H](OC(=O)N4Cc5cccc(F)c5C4)C[C@H]3C(=O)N12. The van der Waals surface area contributed by atoms with Gasteiger partial charge in [0, 0.05) is 24.4 Å². The van der Waals surface area contributed by atoms with Gasteiger partial charge in [0.1, 0.15) is 35.1 Å². The number of esters is 1. The van der Waals surface area contributed by atoms with Gasteiger partial charge in [-0.3, -0.25) is 14.5 Å². The van der Waals surface area contributed by atoms with Crippen molar-refractivity contribution in [1.29, 1.82) is 0 Å². The van der Waals surface area contributed by atoms with E-state index in [1.807, 2.05) is 12.2 Å². The molecule has 13 heteroatoms. The summed E-state index contributed by atoms with van der Waals surface area (Å²) in [6, 6.07) is 1.58. The summed E-state index contributed by atoms with van der Waals surface area (Å²) in [7, 11) is 0. The third-order valence-electron chi connectivity index (χ3n) is 9.71. The van der Waals surface area contributed by atoms with E-state index in [0.717, 1.165) is 12.8 Å². The first kappa shape index (κ1) is 32.8. The Morgan fingerprint density at radius 2 is 1.89 bits per heavy atom. The fourth-order valence-electron chi connectivity index (χ4n) is 7.53. The van der Waals surface area contributed by atoms with Crippen LogP contribution in [0, 0.1) is 11.7 Å². The quantitative estimate of drug-likeness (QED) is 0.295. The van der Waals surface area contributed by atoms with Crippen molar-refractivity contribution in [3.05, 3.63) is 47.3 Å². The van der Waals surface area contributed by atoms with Crippen LogP contribution in [0.25, 0.3) is 0 Å². The molecule has 1 N–H and O–H groups in total. The molecule has 5 aliphatic rings. The van der Waals surface area contributed by atoms with Crippen LogP contribution in [-0.2, 0) is 41.7 Å². The number of amides is 4. The molecule has 1 saturated carbocycles. The Balaban J connectivity index is 1.32. The number of allylic oxidation sites excluding steroid dienone is 1. The Hall–Kier alpha value is -4.16. The van der Waals surface area contributed by atoms with Crippen molar-refractivity contribution in [2.24, 2.45) is 5.92 Å². The summed E-state index contributed by atoms with van der Waals surface area (Å²) in [4.78, 5) is 73.6. The molecule has 6 atom stereocenters. The average molecular weight is 655 g/mol. The number of carbonyl (C=O) groups is 5. The highest BCUT2D eigenvalue weighted by Gasteiger charge is 2.69. The van der Waals surface area contributed by atoms with Crippen molar-refractivity contribution in [3.63, 3.8) is 0 Å². The molecule has 1 aromatic carbocycles. The van der Waals surface area contributed by atoms with E-state index in [0.29, 0.717) is 30.4 Å². The summed E-state index contributed by atoms with van der Waals surface area (Å²) in [6.45, 7) is 7.08. The van der Waals surface area contributed by atoms with Gasteiger partial charge in [-0.15, -0.1) is 0 Å². The topological polar surface area (TPSA) is 135 Å². The highest BCUT2D eigenvalue weighted by atomic mass is 19.1. The van der Waals surface area contributed by atoms with Crippen molar-refractivity contribution in [1.82, 2.24) is 20.0 Å². The molecule has 0 bridgehead atoms. The number of alkyl carbamates (subject to hydrolysis) is 1. The Morgan fingerprint density at radius 1 is 1.11 bits per heavy atom. The first-order valence-corrected chi connectivity index (χ1v) is 16.5. The van der Waals surface area contributed by atoms with Gasteiger partial charge in [-0.05, 0) is 65.0 Å². The molecule has 1 unspecified atom stereocenters. The van der Waals surface area contributed by atoms with Crippen molar-refractivity contribution in [2.45, 2.75) is 115 Å². The van der Waals surface area contributed by atoms with Gasteiger partial charge in [-0.1, -0.05) is 30.7 Å². The summed E-state index contributed by atoms with van der Waals surface area (Å²) in [5.41, 5.74) is -1.07. The third kappa shape index (κ3) is 6.16. The van der Waals surface area contributed by atoms with Crippen molar-refractivity contribution < 1.29 is 42.6 Å². The van der Waals surface area contributed by atoms with Crippen LogP contribution < -0.4 is 5.32 Å². The fraction of sp³-hybridized carbons (Fsp3) is 0.618. The predicted molar refractivity (Wildman–Crippen MR) is 165 cm³/mol. The van der Waals surface area contributed by atoms with Crippen LogP contribution in [0.4, 0.5) is 14.0 Å². The van der Waals surface area contributed by atoms with Crippen LogP contribution in [0.3, 0.4) is 0 Å². The maximum absolute atomic E-state index is 14.7. The van der Waals surface area contributed by atoms with Crippen LogP contribution in [0.5, 0.6) is 0 Å². The lowest BCUT2D eigenvalue weighted by Gasteiger charge is -2.40. The molecule has 1 aromatic rings. The summed E-state index contributed by atoms with van der Waals surface area (Å²) >= 11 is 0. The summed E-state index contributed by atoms with van der Waals surface area (Å²) in [5.74, 6) is -2.23. The van der Waals surface area contributed by atoms with Gasteiger partial charge in [-0.25, -0.2) is 18.8 Å². The van der Waals surface area contributed by atoms with E-state index < -0.39 is 71.2 Å². The second-order valence-corrected chi connectivity index (χ2v) is 14.0. The molecule has 0 spiro atoms. The van der Waals surface area contributed by atoms with Crippen LogP contribution in [-0.4, -0.2) is 93.2 Å². The summed E-state index contributed by atoms with van der Waals surface area (Å²) < 4.78 is 31.2. The molecule has 12 nitrogen and oxygen atoms in total. The molecule has 6 rings (SSSR count). The number of ether oxygens (including phenoxy) is 3. The number of halogens is 1. The summed E-state index contributed by atoms with van der Waals surface area (Å²) in [5, 5.41) is 2.76. The van der Waals surface area contributed by atoms with E-state index >= 15 is 0 Å². The standard InChI is InChI=1S/C34H43FN4O8/c1-5-45-30(42)34-16-21(34)12-8-6-7-9-14-25-27(36-31(43)47-33(2,3)4)29(41)38-18-22(15-26(38)28(40)39(25)34)46-32(44)37-17-20-11-10-13-24(35)23(20)19-37/h8,10-13,21-22,25-27H,5-7,9,14-19H2,1-4H3,(H,36,43)/b12-8-/t21-,22-,25?,26+,27+,34-/m1/s1. The molecule has 1 aliphatic carbocycles. The van der Waals surface area contributed by atoms with Gasteiger partial charge < -0.3 is 29.3 Å². The van der Waals surface area contributed by atoms with Gasteiger partial charge in [0.2, 0.25) is 11.8 Å². The largest absolute Gasteiger partial charge is 0.464 e. The molecule has 0 radical (unpaired) electrons. The van der Waals surface area contributed by atoms with Gasteiger partial charge in [0.15, 0.2) is 0 Å². The number of hydrogen-bond acceptors (Lipinski definition) is 8. The van der Waals surface area contributed by atoms with Gasteiger partial charge in [0.25, 0.3) is 0 Å². The minimum absolute atomic E-state index is 0.00719. The first-order valence-electron chi connectivity index (χ1n) is 16.5. The van der Waals surface area contributed by atoms with Crippen molar-refractivity contribution in [2.75, 3.05) is 13.2 Å². The zero-order valence-corrected chi connectivity index (χ0v) is 27.3. The first-order chi connectivity index (χ1) is 22.3. The number of carbonyl (C=O) groups excluding carboxylic acids is 5. The number of hydrogen-bond donors (Lipinski definition) is 1. The Kier molecular flexibility index (Phi) is 8.69. The summed E-state index contributed by atoms with van der Waals surface area (Å²) in [6.07, 6.45) is 4.56. The third-order valence-corrected chi connectivity index (χ3v) is 9.71. The van der Waals surface area contributed by atoms with E-state index in [1.165, 1.54) is 20.8 Å². The highest BCUT2D eigenvalue weighted by molar-refractivity contribution is 5.99. The monoisotopic (exact) mass is 654 g/mol. The van der Waals surface area contributed by atoms with Crippen molar-refractivity contribution in [3.8, 4) is 0 Å². The van der Waals surface area contributed by atoms with E-state index in [1.54, 1.807) is 39.8 Å². The second-order valence-electron chi connectivity index (χ2n) is 14.0. The number of fused-ring (bicyclic) bond motifs is 5. The Labute approximate surface area is 273 Å². The molecule has 47 heavy (non-hydrogen) atoms. The second kappa shape index (κ2) is 12.5. The Bertz CT molecular complexity index is 1490. The zero-order chi connectivity index (χ0) is 33.7. The number of rotatable bonds is 4. The molecule has 3 fully saturated rings. The molecular formula is C34H43FN4O8. The number of nitrogens with zero attached hydrogens (tertiary/aromatic N) is 3. The molecule has 2 saturated heterocycles. The maximum atomic E-state index is 14.7. The molecule has 254 valence electrons. The van der Waals surface area contributed by atoms with Crippen LogP contribution >= 0.6 is 0 Å². The van der Waals surface area contributed by atoms with Crippen LogP contribution in [0.15, 0.2) is 30.4 Å². The number of nitrogens with one attached hydrogen (secondary N) is 1.